The van der Waals surface area contributed by atoms with Crippen LogP contribution in [0.1, 0.15) is 6.42 Å². The lowest BCUT2D eigenvalue weighted by atomic mass is 10.2. The van der Waals surface area contributed by atoms with Gasteiger partial charge in [0.15, 0.2) is 0 Å². The van der Waals surface area contributed by atoms with E-state index in [9.17, 15) is 9.50 Å². The molecule has 0 radical (unpaired) electrons. The molecule has 3 nitrogen and oxygen atoms in total. The standard InChI is InChI=1S/C10H12ClFN2O/c11-7-3-9(13)10(4-8(7)12)14-2-1-6(15)5-14/h3-4,6,15H,1-2,5,13H2. The Kier molecular flexibility index (Phi) is 2.71. The van der Waals surface area contributed by atoms with Crippen LogP contribution in [0.3, 0.4) is 0 Å². The number of aliphatic hydroxyl groups is 1. The third-order valence-corrected chi connectivity index (χ3v) is 2.86. The second kappa shape index (κ2) is 3.87. The van der Waals surface area contributed by atoms with Gasteiger partial charge in [-0.05, 0) is 12.5 Å². The number of anilines is 2. The van der Waals surface area contributed by atoms with Crippen LogP contribution in [0.2, 0.25) is 5.02 Å². The molecule has 1 fully saturated rings. The van der Waals surface area contributed by atoms with Crippen molar-refractivity contribution in [3.05, 3.63) is 23.0 Å². The first-order valence-electron chi connectivity index (χ1n) is 4.75. The molecule has 1 saturated heterocycles. The van der Waals surface area contributed by atoms with E-state index >= 15 is 0 Å². The zero-order valence-electron chi connectivity index (χ0n) is 8.08. The molecular formula is C10H12ClFN2O. The minimum Gasteiger partial charge on any atom is -0.397 e. The zero-order valence-corrected chi connectivity index (χ0v) is 8.84. The van der Waals surface area contributed by atoms with Gasteiger partial charge in [0.05, 0.1) is 22.5 Å². The highest BCUT2D eigenvalue weighted by molar-refractivity contribution is 6.31. The Morgan fingerprint density at radius 2 is 2.27 bits per heavy atom. The van der Waals surface area contributed by atoms with E-state index < -0.39 is 5.82 Å². The lowest BCUT2D eigenvalue weighted by molar-refractivity contribution is 0.198. The average Bonchev–Trinajstić information content (AvgIpc) is 2.58. The van der Waals surface area contributed by atoms with Crippen LogP contribution in [-0.2, 0) is 0 Å². The summed E-state index contributed by atoms with van der Waals surface area (Å²) in [6, 6.07) is 2.71. The Morgan fingerprint density at radius 1 is 1.53 bits per heavy atom. The Balaban J connectivity index is 2.32. The van der Waals surface area contributed by atoms with Crippen molar-refractivity contribution in [3.63, 3.8) is 0 Å². The van der Waals surface area contributed by atoms with Crippen molar-refractivity contribution in [1.82, 2.24) is 0 Å². The molecule has 82 valence electrons. The lowest BCUT2D eigenvalue weighted by Crippen LogP contribution is -2.22. The van der Waals surface area contributed by atoms with Gasteiger partial charge in [0.2, 0.25) is 0 Å². The van der Waals surface area contributed by atoms with Crippen LogP contribution in [0.15, 0.2) is 12.1 Å². The highest BCUT2D eigenvalue weighted by Crippen LogP contribution is 2.31. The maximum absolute atomic E-state index is 13.2. The number of nitrogens with zero attached hydrogens (tertiary/aromatic N) is 1. The number of nitrogens with two attached hydrogens (primary N) is 1. The first-order valence-corrected chi connectivity index (χ1v) is 5.13. The van der Waals surface area contributed by atoms with Crippen LogP contribution >= 0.6 is 11.6 Å². The Morgan fingerprint density at radius 3 is 2.87 bits per heavy atom. The van der Waals surface area contributed by atoms with Gasteiger partial charge in [-0.15, -0.1) is 0 Å². The zero-order chi connectivity index (χ0) is 11.0. The highest BCUT2D eigenvalue weighted by Gasteiger charge is 2.22. The first-order chi connectivity index (χ1) is 7.08. The van der Waals surface area contributed by atoms with Gasteiger partial charge in [-0.3, -0.25) is 0 Å². The van der Waals surface area contributed by atoms with Crippen molar-refractivity contribution in [2.24, 2.45) is 0 Å². The van der Waals surface area contributed by atoms with Crippen LogP contribution in [0, 0.1) is 5.82 Å². The van der Waals surface area contributed by atoms with Gasteiger partial charge in [0, 0.05) is 19.2 Å². The minimum atomic E-state index is -0.484. The summed E-state index contributed by atoms with van der Waals surface area (Å²) in [7, 11) is 0. The number of halogens is 2. The largest absolute Gasteiger partial charge is 0.397 e. The molecule has 1 aromatic carbocycles. The van der Waals surface area contributed by atoms with E-state index in [1.807, 2.05) is 4.90 Å². The average molecular weight is 231 g/mol. The molecule has 3 N–H and O–H groups in total. The molecule has 0 bridgehead atoms. The molecular weight excluding hydrogens is 219 g/mol. The summed E-state index contributed by atoms with van der Waals surface area (Å²) in [5.74, 6) is -0.484. The molecule has 0 aliphatic carbocycles. The van der Waals surface area contributed by atoms with E-state index in [1.54, 1.807) is 0 Å². The number of rotatable bonds is 1. The number of nitrogen functional groups attached to an aromatic ring is 1. The maximum Gasteiger partial charge on any atom is 0.144 e. The molecule has 1 aromatic rings. The SMILES string of the molecule is Nc1cc(Cl)c(F)cc1N1CCC(O)C1. The van der Waals surface area contributed by atoms with Crippen molar-refractivity contribution in [2.75, 3.05) is 23.7 Å². The number of β-amino-alcohol motifs (C(OH)–C–C–N with tert-alkyl or cyclic N) is 1. The molecule has 5 heteroatoms. The van der Waals surface area contributed by atoms with E-state index in [2.05, 4.69) is 0 Å². The van der Waals surface area contributed by atoms with Crippen LogP contribution in [0.4, 0.5) is 15.8 Å². The summed E-state index contributed by atoms with van der Waals surface area (Å²) in [6.07, 6.45) is 0.326. The topological polar surface area (TPSA) is 49.5 Å². The Hall–Kier alpha value is -1.00. The van der Waals surface area contributed by atoms with Crippen LogP contribution in [0.25, 0.3) is 0 Å². The molecule has 1 aliphatic rings. The third kappa shape index (κ3) is 2.01. The summed E-state index contributed by atoms with van der Waals surface area (Å²) in [4.78, 5) is 1.86. The molecule has 1 unspecified atom stereocenters. The van der Waals surface area contributed by atoms with Crippen molar-refractivity contribution >= 4 is 23.0 Å². The van der Waals surface area contributed by atoms with E-state index in [0.29, 0.717) is 30.9 Å². The van der Waals surface area contributed by atoms with Gasteiger partial charge < -0.3 is 15.7 Å². The van der Waals surface area contributed by atoms with Crippen molar-refractivity contribution in [1.29, 1.82) is 0 Å². The van der Waals surface area contributed by atoms with E-state index in [-0.39, 0.29) is 11.1 Å². The predicted molar refractivity (Wildman–Crippen MR) is 58.7 cm³/mol. The van der Waals surface area contributed by atoms with E-state index in [1.165, 1.54) is 12.1 Å². The van der Waals surface area contributed by atoms with Gasteiger partial charge in [-0.25, -0.2) is 4.39 Å². The van der Waals surface area contributed by atoms with Gasteiger partial charge in [0.25, 0.3) is 0 Å². The summed E-state index contributed by atoms with van der Waals surface area (Å²) in [6.45, 7) is 1.18. The van der Waals surface area contributed by atoms with E-state index in [4.69, 9.17) is 17.3 Å². The second-order valence-corrected chi connectivity index (χ2v) is 4.12. The summed E-state index contributed by atoms with van der Waals surface area (Å²) in [5, 5.41) is 9.40. The molecule has 1 atom stereocenters. The van der Waals surface area contributed by atoms with Crippen molar-refractivity contribution in [3.8, 4) is 0 Å². The monoisotopic (exact) mass is 230 g/mol. The molecule has 2 rings (SSSR count). The molecule has 0 aromatic heterocycles. The highest BCUT2D eigenvalue weighted by atomic mass is 35.5. The maximum atomic E-state index is 13.2. The molecule has 0 saturated carbocycles. The molecule has 0 amide bonds. The fourth-order valence-corrected chi connectivity index (χ4v) is 1.96. The Bertz CT molecular complexity index is 386. The van der Waals surface area contributed by atoms with Crippen LogP contribution in [-0.4, -0.2) is 24.3 Å². The smallest absolute Gasteiger partial charge is 0.144 e. The second-order valence-electron chi connectivity index (χ2n) is 3.71. The molecule has 0 spiro atoms. The normalized spacial score (nSPS) is 21.0. The van der Waals surface area contributed by atoms with Gasteiger partial charge in [-0.2, -0.15) is 0 Å². The summed E-state index contributed by atoms with van der Waals surface area (Å²) >= 11 is 5.60. The molecule has 1 aliphatic heterocycles. The summed E-state index contributed by atoms with van der Waals surface area (Å²) < 4.78 is 13.2. The summed E-state index contributed by atoms with van der Waals surface area (Å²) in [5.41, 5.74) is 6.79. The predicted octanol–water partition coefficient (Wildman–Crippen LogP) is 1.63. The van der Waals surface area contributed by atoms with Gasteiger partial charge in [0.1, 0.15) is 5.82 Å². The fraction of sp³-hybridized carbons (Fsp3) is 0.400. The molecule has 1 heterocycles. The minimum absolute atomic E-state index is 0.0241. The number of hydrogen-bond donors (Lipinski definition) is 2. The number of aliphatic hydroxyl groups excluding tert-OH is 1. The number of benzene rings is 1. The van der Waals surface area contributed by atoms with Gasteiger partial charge >= 0.3 is 0 Å². The van der Waals surface area contributed by atoms with E-state index in [0.717, 1.165) is 0 Å². The Labute approximate surface area is 92.2 Å². The quantitative estimate of drug-likeness (QED) is 0.721. The lowest BCUT2D eigenvalue weighted by Gasteiger charge is -2.20. The van der Waals surface area contributed by atoms with Crippen LogP contribution < -0.4 is 10.6 Å². The molecule has 15 heavy (non-hydrogen) atoms. The first kappa shape index (κ1) is 10.5. The van der Waals surface area contributed by atoms with Crippen LogP contribution in [0.5, 0.6) is 0 Å². The fourth-order valence-electron chi connectivity index (χ4n) is 1.79. The number of hydrogen-bond acceptors (Lipinski definition) is 3. The van der Waals surface area contributed by atoms with Gasteiger partial charge in [-0.1, -0.05) is 11.6 Å². The van der Waals surface area contributed by atoms with Crippen molar-refractivity contribution < 1.29 is 9.50 Å². The third-order valence-electron chi connectivity index (χ3n) is 2.57. The van der Waals surface area contributed by atoms with Crippen molar-refractivity contribution in [2.45, 2.75) is 12.5 Å².